The lowest BCUT2D eigenvalue weighted by atomic mass is 10.0. The number of benzene rings is 2. The number of phenols is 2. The van der Waals surface area contributed by atoms with Crippen LogP contribution in [-0.2, 0) is 6.42 Å². The summed E-state index contributed by atoms with van der Waals surface area (Å²) in [5, 5.41) is 30.2. The van der Waals surface area contributed by atoms with Gasteiger partial charge >= 0.3 is 0 Å². The first-order chi connectivity index (χ1) is 16.3. The molecule has 3 N–H and O–H groups in total. The van der Waals surface area contributed by atoms with E-state index >= 15 is 0 Å². The number of piperazine rings is 1. The zero-order valence-corrected chi connectivity index (χ0v) is 23.5. The monoisotopic (exact) mass is 575 g/mol. The minimum absolute atomic E-state index is 0. The van der Waals surface area contributed by atoms with Crippen molar-refractivity contribution in [1.82, 2.24) is 14.7 Å². The standard InChI is InChI=1S/C26H33N3O5.3ClH/c1-27(12-15-29-16-13-28(2)14-17-29)11-3-4-18-5-7-19(8-6-18)25-24(33)22(31)20-9-10-21(30)23(32)26(20)34-25;;;/h5-10,30,32-33H,3-4,11-17H2,1-2H3;3*1H. The second-order valence-electron chi connectivity index (χ2n) is 9.17. The summed E-state index contributed by atoms with van der Waals surface area (Å²) in [6, 6.07) is 9.97. The molecule has 1 aliphatic rings. The molecular weight excluding hydrogens is 541 g/mol. The smallest absolute Gasteiger partial charge is 0.235 e. The van der Waals surface area contributed by atoms with Crippen molar-refractivity contribution in [2.45, 2.75) is 12.8 Å². The fourth-order valence-electron chi connectivity index (χ4n) is 4.29. The van der Waals surface area contributed by atoms with Crippen molar-refractivity contribution in [3.63, 3.8) is 0 Å². The van der Waals surface area contributed by atoms with E-state index in [0.29, 0.717) is 5.56 Å². The van der Waals surface area contributed by atoms with Crippen LogP contribution in [0.15, 0.2) is 45.6 Å². The number of halogens is 3. The van der Waals surface area contributed by atoms with Gasteiger partial charge in [0.1, 0.15) is 0 Å². The maximum absolute atomic E-state index is 12.5. The number of hydrogen-bond acceptors (Lipinski definition) is 8. The zero-order chi connectivity index (χ0) is 24.2. The lowest BCUT2D eigenvalue weighted by molar-refractivity contribution is 0.140. The van der Waals surface area contributed by atoms with Crippen molar-refractivity contribution in [1.29, 1.82) is 0 Å². The molecule has 0 atom stereocenters. The fourth-order valence-corrected chi connectivity index (χ4v) is 4.29. The maximum Gasteiger partial charge on any atom is 0.235 e. The van der Waals surface area contributed by atoms with E-state index in [2.05, 4.69) is 28.8 Å². The van der Waals surface area contributed by atoms with Crippen LogP contribution in [0.5, 0.6) is 17.2 Å². The zero-order valence-electron chi connectivity index (χ0n) is 21.1. The second kappa shape index (κ2) is 14.7. The molecule has 2 heterocycles. The number of aromatic hydroxyl groups is 3. The first kappa shape index (κ1) is 32.8. The number of rotatable bonds is 8. The minimum Gasteiger partial charge on any atom is -0.504 e. The number of phenolic OH excluding ortho intramolecular Hbond substituents is 2. The van der Waals surface area contributed by atoms with Gasteiger partial charge in [-0.3, -0.25) is 9.69 Å². The lowest BCUT2D eigenvalue weighted by Crippen LogP contribution is -2.46. The van der Waals surface area contributed by atoms with Gasteiger partial charge in [-0.05, 0) is 51.2 Å². The number of aryl methyl sites for hydroxylation is 1. The molecule has 1 aromatic heterocycles. The molecule has 37 heavy (non-hydrogen) atoms. The summed E-state index contributed by atoms with van der Waals surface area (Å²) < 4.78 is 5.63. The predicted molar refractivity (Wildman–Crippen MR) is 154 cm³/mol. The van der Waals surface area contributed by atoms with Crippen molar-refractivity contribution < 1.29 is 19.7 Å². The second-order valence-corrected chi connectivity index (χ2v) is 9.17. The van der Waals surface area contributed by atoms with Gasteiger partial charge in [-0.15, -0.1) is 37.2 Å². The summed E-state index contributed by atoms with van der Waals surface area (Å²) in [4.78, 5) is 19.8. The van der Waals surface area contributed by atoms with Gasteiger partial charge in [-0.2, -0.15) is 0 Å². The molecular formula is C26H36Cl3N3O5. The lowest BCUT2D eigenvalue weighted by Gasteiger charge is -2.33. The highest BCUT2D eigenvalue weighted by Crippen LogP contribution is 2.37. The highest BCUT2D eigenvalue weighted by atomic mass is 35.5. The van der Waals surface area contributed by atoms with Gasteiger partial charge in [0.25, 0.3) is 0 Å². The van der Waals surface area contributed by atoms with Gasteiger partial charge in [0.05, 0.1) is 5.39 Å². The first-order valence-electron chi connectivity index (χ1n) is 11.7. The van der Waals surface area contributed by atoms with Crippen LogP contribution in [0.2, 0.25) is 0 Å². The van der Waals surface area contributed by atoms with E-state index in [0.717, 1.165) is 64.2 Å². The molecule has 1 fully saturated rings. The van der Waals surface area contributed by atoms with Crippen LogP contribution in [0.4, 0.5) is 0 Å². The predicted octanol–water partition coefficient (Wildman–Crippen LogP) is 3.95. The molecule has 3 aromatic rings. The molecule has 0 bridgehead atoms. The fraction of sp³-hybridized carbons (Fsp3) is 0.423. The van der Waals surface area contributed by atoms with Crippen molar-refractivity contribution in [3.8, 4) is 28.6 Å². The molecule has 0 aliphatic carbocycles. The van der Waals surface area contributed by atoms with E-state index in [9.17, 15) is 20.1 Å². The van der Waals surface area contributed by atoms with Gasteiger partial charge in [0, 0.05) is 44.8 Å². The summed E-state index contributed by atoms with van der Waals surface area (Å²) in [6.07, 6.45) is 1.95. The summed E-state index contributed by atoms with van der Waals surface area (Å²) in [7, 11) is 4.34. The van der Waals surface area contributed by atoms with E-state index in [4.69, 9.17) is 4.42 Å². The summed E-state index contributed by atoms with van der Waals surface area (Å²) in [5.41, 5.74) is 0.864. The average Bonchev–Trinajstić information content (AvgIpc) is 2.84. The maximum atomic E-state index is 12.5. The normalized spacial score (nSPS) is 14.1. The van der Waals surface area contributed by atoms with Gasteiger partial charge in [0.15, 0.2) is 17.1 Å². The molecule has 4 rings (SSSR count). The Kier molecular flexibility index (Phi) is 13.0. The van der Waals surface area contributed by atoms with Gasteiger partial charge in [-0.25, -0.2) is 0 Å². The molecule has 0 spiro atoms. The van der Waals surface area contributed by atoms with Crippen LogP contribution in [-0.4, -0.2) is 89.9 Å². The number of nitrogens with zero attached hydrogens (tertiary/aromatic N) is 3. The summed E-state index contributed by atoms with van der Waals surface area (Å²) in [5.74, 6) is -1.47. The van der Waals surface area contributed by atoms with Crippen molar-refractivity contribution in [2.24, 2.45) is 0 Å². The van der Waals surface area contributed by atoms with Gasteiger partial charge in [-0.1, -0.05) is 24.3 Å². The highest BCUT2D eigenvalue weighted by Gasteiger charge is 2.19. The average molecular weight is 577 g/mol. The number of likely N-dealkylation sites (N-methyl/N-ethyl adjacent to an activating group) is 2. The molecule has 1 aliphatic heterocycles. The van der Waals surface area contributed by atoms with E-state index < -0.39 is 22.7 Å². The van der Waals surface area contributed by atoms with Crippen LogP contribution in [0.3, 0.4) is 0 Å². The molecule has 0 radical (unpaired) electrons. The van der Waals surface area contributed by atoms with Crippen LogP contribution >= 0.6 is 37.2 Å². The molecule has 8 nitrogen and oxygen atoms in total. The van der Waals surface area contributed by atoms with Crippen LogP contribution in [0.1, 0.15) is 12.0 Å². The third-order valence-corrected chi connectivity index (χ3v) is 6.60. The van der Waals surface area contributed by atoms with E-state index in [-0.39, 0.29) is 54.0 Å². The molecule has 2 aromatic carbocycles. The Morgan fingerprint density at radius 3 is 2.19 bits per heavy atom. The Balaban J connectivity index is 0.00000228. The third kappa shape index (κ3) is 7.89. The highest BCUT2D eigenvalue weighted by molar-refractivity contribution is 5.88. The Bertz CT molecular complexity index is 1200. The molecule has 0 amide bonds. The van der Waals surface area contributed by atoms with Crippen LogP contribution in [0.25, 0.3) is 22.3 Å². The largest absolute Gasteiger partial charge is 0.504 e. The summed E-state index contributed by atoms with van der Waals surface area (Å²) >= 11 is 0. The molecule has 206 valence electrons. The topological polar surface area (TPSA) is 101 Å². The Morgan fingerprint density at radius 1 is 0.892 bits per heavy atom. The van der Waals surface area contributed by atoms with Crippen molar-refractivity contribution in [3.05, 3.63) is 52.2 Å². The van der Waals surface area contributed by atoms with E-state index in [1.54, 1.807) is 12.1 Å². The first-order valence-corrected chi connectivity index (χ1v) is 11.7. The summed E-state index contributed by atoms with van der Waals surface area (Å²) in [6.45, 7) is 7.75. The SMILES string of the molecule is CN(CCCc1ccc(-c2oc3c(O)c(O)ccc3c(=O)c2O)cc1)CCN1CCN(C)CC1.Cl.Cl.Cl. The quantitative estimate of drug-likeness (QED) is 0.347. The number of hydrogen-bond donors (Lipinski definition) is 3. The Labute approximate surface area is 235 Å². The van der Waals surface area contributed by atoms with E-state index in [1.807, 2.05) is 12.1 Å². The van der Waals surface area contributed by atoms with Crippen LogP contribution in [0, 0.1) is 0 Å². The molecule has 11 heteroatoms. The molecule has 1 saturated heterocycles. The van der Waals surface area contributed by atoms with Crippen molar-refractivity contribution >= 4 is 48.2 Å². The number of fused-ring (bicyclic) bond motifs is 1. The van der Waals surface area contributed by atoms with E-state index in [1.165, 1.54) is 12.1 Å². The Morgan fingerprint density at radius 2 is 1.54 bits per heavy atom. The third-order valence-electron chi connectivity index (χ3n) is 6.60. The van der Waals surface area contributed by atoms with Gasteiger partial charge in [0.2, 0.25) is 16.9 Å². The van der Waals surface area contributed by atoms with Crippen LogP contribution < -0.4 is 5.43 Å². The molecule has 0 unspecified atom stereocenters. The Hall–Kier alpha value is -2.20. The minimum atomic E-state index is -0.657. The van der Waals surface area contributed by atoms with Gasteiger partial charge < -0.3 is 29.5 Å². The molecule has 0 saturated carbocycles. The van der Waals surface area contributed by atoms with Crippen molar-refractivity contribution in [2.75, 3.05) is 59.9 Å².